The number of hydrogen-bond donors (Lipinski definition) is 1. The third-order valence-corrected chi connectivity index (χ3v) is 4.97. The topological polar surface area (TPSA) is 32.3 Å². The molecule has 1 aromatic rings. The van der Waals surface area contributed by atoms with E-state index in [1.807, 2.05) is 30.3 Å². The number of benzene rings is 1. The minimum atomic E-state index is 0.129. The largest absolute Gasteiger partial charge is 0.354 e. The van der Waals surface area contributed by atoms with Crippen LogP contribution < -0.4 is 5.32 Å². The van der Waals surface area contributed by atoms with Crippen LogP contribution in [0.2, 0.25) is 0 Å². The van der Waals surface area contributed by atoms with Gasteiger partial charge in [-0.2, -0.15) is 0 Å². The molecule has 3 nitrogen and oxygen atoms in total. The molecule has 3 aliphatic rings. The van der Waals surface area contributed by atoms with E-state index in [0.29, 0.717) is 18.4 Å². The highest BCUT2D eigenvalue weighted by Gasteiger charge is 2.38. The van der Waals surface area contributed by atoms with Crippen molar-refractivity contribution in [3.05, 3.63) is 48.6 Å². The molecule has 0 saturated carbocycles. The van der Waals surface area contributed by atoms with Gasteiger partial charge in [0, 0.05) is 19.1 Å². The summed E-state index contributed by atoms with van der Waals surface area (Å²) >= 11 is 0. The van der Waals surface area contributed by atoms with Gasteiger partial charge in [-0.15, -0.1) is 6.58 Å². The highest BCUT2D eigenvalue weighted by atomic mass is 16.1. The van der Waals surface area contributed by atoms with Gasteiger partial charge in [-0.05, 0) is 36.8 Å². The summed E-state index contributed by atoms with van der Waals surface area (Å²) in [5, 5.41) is 3.11. The van der Waals surface area contributed by atoms with E-state index in [0.717, 1.165) is 24.6 Å². The fraction of sp³-hybridized carbons (Fsp3) is 0.500. The first-order chi connectivity index (χ1) is 10.3. The van der Waals surface area contributed by atoms with Crippen LogP contribution in [0.25, 0.3) is 0 Å². The Balaban J connectivity index is 1.48. The van der Waals surface area contributed by atoms with E-state index in [1.165, 1.54) is 19.4 Å². The molecule has 112 valence electrons. The molecule has 1 amide bonds. The van der Waals surface area contributed by atoms with Gasteiger partial charge in [0.05, 0.1) is 6.42 Å². The van der Waals surface area contributed by atoms with Crippen molar-refractivity contribution in [2.75, 3.05) is 19.6 Å². The molecule has 1 N–H and O–H groups in total. The minimum absolute atomic E-state index is 0.129. The predicted molar refractivity (Wildman–Crippen MR) is 84.9 cm³/mol. The third kappa shape index (κ3) is 3.35. The van der Waals surface area contributed by atoms with Gasteiger partial charge in [-0.25, -0.2) is 0 Å². The lowest BCUT2D eigenvalue weighted by molar-refractivity contribution is -0.121. The fourth-order valence-electron chi connectivity index (χ4n) is 3.73. The molecule has 21 heavy (non-hydrogen) atoms. The predicted octanol–water partition coefficient (Wildman–Crippen LogP) is 2.24. The molecule has 0 radical (unpaired) electrons. The van der Waals surface area contributed by atoms with Gasteiger partial charge in [-0.3, -0.25) is 9.69 Å². The number of amides is 1. The Hall–Kier alpha value is -1.61. The number of nitrogens with zero attached hydrogens (tertiary/aromatic N) is 1. The van der Waals surface area contributed by atoms with E-state index in [4.69, 9.17) is 0 Å². The lowest BCUT2D eigenvalue weighted by Gasteiger charge is -2.49. The van der Waals surface area contributed by atoms with Crippen LogP contribution in [0.5, 0.6) is 0 Å². The standard InChI is InChI=1S/C18H24N2O/c1-2-15-13-20-9-8-16(15)11-17(20)12-19-18(21)10-14-6-4-3-5-7-14/h2-7,15-17H,1,8-13H2,(H,19,21)/t15-,16-,17+/m0/s1. The van der Waals surface area contributed by atoms with Crippen LogP contribution in [0.15, 0.2) is 43.0 Å². The molecule has 3 saturated heterocycles. The number of carbonyl (C=O) groups excluding carboxylic acids is 1. The number of carbonyl (C=O) groups is 1. The molecule has 0 aromatic heterocycles. The Kier molecular flexibility index (Phi) is 4.39. The average molecular weight is 284 g/mol. The van der Waals surface area contributed by atoms with Gasteiger partial charge in [0.25, 0.3) is 0 Å². The van der Waals surface area contributed by atoms with Gasteiger partial charge >= 0.3 is 0 Å². The Bertz CT molecular complexity index is 499. The highest BCUT2D eigenvalue weighted by molar-refractivity contribution is 5.78. The molecule has 4 atom stereocenters. The summed E-state index contributed by atoms with van der Waals surface area (Å²) in [5.41, 5.74) is 1.08. The Labute approximate surface area is 127 Å². The molecular weight excluding hydrogens is 260 g/mol. The van der Waals surface area contributed by atoms with Gasteiger partial charge in [-0.1, -0.05) is 36.4 Å². The van der Waals surface area contributed by atoms with Crippen LogP contribution in [-0.2, 0) is 11.2 Å². The number of piperidine rings is 3. The van der Waals surface area contributed by atoms with Gasteiger partial charge < -0.3 is 5.32 Å². The summed E-state index contributed by atoms with van der Waals surface area (Å²) in [6.07, 6.45) is 5.07. The summed E-state index contributed by atoms with van der Waals surface area (Å²) < 4.78 is 0. The summed E-state index contributed by atoms with van der Waals surface area (Å²) in [6, 6.07) is 10.4. The van der Waals surface area contributed by atoms with Gasteiger partial charge in [0.15, 0.2) is 0 Å². The zero-order valence-corrected chi connectivity index (χ0v) is 12.5. The van der Waals surface area contributed by atoms with Crippen molar-refractivity contribution >= 4 is 5.91 Å². The van der Waals surface area contributed by atoms with Crippen LogP contribution in [0.3, 0.4) is 0 Å². The Morgan fingerprint density at radius 3 is 2.86 bits per heavy atom. The SMILES string of the molecule is C=C[C@H]1CN2CC[C@H]1C[C@@H]2CNC(=O)Cc1ccccc1. The first-order valence-electron chi connectivity index (χ1n) is 7.93. The summed E-state index contributed by atoms with van der Waals surface area (Å²) in [7, 11) is 0. The van der Waals surface area contributed by atoms with Gasteiger partial charge in [0.1, 0.15) is 0 Å². The van der Waals surface area contributed by atoms with E-state index in [9.17, 15) is 4.79 Å². The Morgan fingerprint density at radius 2 is 2.19 bits per heavy atom. The zero-order valence-electron chi connectivity index (χ0n) is 12.5. The summed E-state index contributed by atoms with van der Waals surface area (Å²) in [5.74, 6) is 1.54. The maximum Gasteiger partial charge on any atom is 0.224 e. The molecule has 0 spiro atoms. The molecule has 1 aromatic carbocycles. The first kappa shape index (κ1) is 14.3. The van der Waals surface area contributed by atoms with Crippen LogP contribution in [0, 0.1) is 11.8 Å². The van der Waals surface area contributed by atoms with Crippen molar-refractivity contribution in [2.45, 2.75) is 25.3 Å². The lowest BCUT2D eigenvalue weighted by atomic mass is 9.75. The second kappa shape index (κ2) is 6.44. The maximum absolute atomic E-state index is 12.0. The molecule has 3 aliphatic heterocycles. The van der Waals surface area contributed by atoms with Crippen LogP contribution >= 0.6 is 0 Å². The second-order valence-corrected chi connectivity index (χ2v) is 6.30. The Morgan fingerprint density at radius 1 is 1.38 bits per heavy atom. The van der Waals surface area contributed by atoms with E-state index in [-0.39, 0.29) is 5.91 Å². The molecule has 1 unspecified atom stereocenters. The van der Waals surface area contributed by atoms with Crippen LogP contribution in [0.1, 0.15) is 18.4 Å². The van der Waals surface area contributed by atoms with Crippen molar-refractivity contribution < 1.29 is 4.79 Å². The van der Waals surface area contributed by atoms with E-state index < -0.39 is 0 Å². The quantitative estimate of drug-likeness (QED) is 0.841. The molecule has 3 heteroatoms. The van der Waals surface area contributed by atoms with Gasteiger partial charge in [0.2, 0.25) is 5.91 Å². The molecule has 2 bridgehead atoms. The van der Waals surface area contributed by atoms with Crippen molar-refractivity contribution in [1.29, 1.82) is 0 Å². The number of fused-ring (bicyclic) bond motifs is 3. The van der Waals surface area contributed by atoms with Crippen molar-refractivity contribution in [3.63, 3.8) is 0 Å². The van der Waals surface area contributed by atoms with E-state index in [2.05, 4.69) is 22.9 Å². The lowest BCUT2D eigenvalue weighted by Crippen LogP contribution is -2.56. The van der Waals surface area contributed by atoms with Crippen molar-refractivity contribution in [3.8, 4) is 0 Å². The minimum Gasteiger partial charge on any atom is -0.354 e. The van der Waals surface area contributed by atoms with E-state index in [1.54, 1.807) is 0 Å². The van der Waals surface area contributed by atoms with Crippen LogP contribution in [-0.4, -0.2) is 36.5 Å². The number of nitrogens with one attached hydrogen (secondary N) is 1. The summed E-state index contributed by atoms with van der Waals surface area (Å²) in [4.78, 5) is 14.6. The van der Waals surface area contributed by atoms with Crippen molar-refractivity contribution in [2.24, 2.45) is 11.8 Å². The zero-order chi connectivity index (χ0) is 14.7. The fourth-order valence-corrected chi connectivity index (χ4v) is 3.73. The molecule has 4 rings (SSSR count). The third-order valence-electron chi connectivity index (χ3n) is 4.97. The molecule has 0 aliphatic carbocycles. The average Bonchev–Trinajstić information content (AvgIpc) is 2.54. The second-order valence-electron chi connectivity index (χ2n) is 6.30. The maximum atomic E-state index is 12.0. The monoisotopic (exact) mass is 284 g/mol. The van der Waals surface area contributed by atoms with Crippen molar-refractivity contribution in [1.82, 2.24) is 10.2 Å². The van der Waals surface area contributed by atoms with E-state index >= 15 is 0 Å². The smallest absolute Gasteiger partial charge is 0.224 e. The molecule has 3 fully saturated rings. The number of hydrogen-bond acceptors (Lipinski definition) is 2. The normalized spacial score (nSPS) is 30.9. The first-order valence-corrected chi connectivity index (χ1v) is 7.93. The highest BCUT2D eigenvalue weighted by Crippen LogP contribution is 2.36. The number of rotatable bonds is 5. The summed E-state index contributed by atoms with van der Waals surface area (Å²) in [6.45, 7) is 7.03. The van der Waals surface area contributed by atoms with Crippen LogP contribution in [0.4, 0.5) is 0 Å². The molecular formula is C18H24N2O. The molecule has 3 heterocycles.